The standard InChI is InChI=1S/C29H43BrF2N2O5SSi/c1-10-38-24(35)13-14-28(6)20(2)29(18-31,22-17-21(30)11-12-23(22)32)33-25(40-28)34(26(36)39-27(3,4)5)19-37-15-16-41(7,8)9/h11-14,17,20H,10,15-16,18-19H2,1-9H3/b14-13+/t20?,28-,29+/m1/s1. The fraction of sp³-hybridized carbons (Fsp3) is 0.621. The molecule has 0 saturated heterocycles. The number of nitrogens with zero attached hydrogens (tertiary/aromatic N) is 2. The lowest BCUT2D eigenvalue weighted by atomic mass is 9.73. The number of halogens is 3. The Labute approximate surface area is 256 Å². The van der Waals surface area contributed by atoms with Gasteiger partial charge >= 0.3 is 12.1 Å². The molecule has 0 bridgehead atoms. The monoisotopic (exact) mass is 676 g/mol. The average molecular weight is 678 g/mol. The van der Waals surface area contributed by atoms with E-state index in [0.717, 1.165) is 17.8 Å². The molecule has 2 rings (SSSR count). The third-order valence-electron chi connectivity index (χ3n) is 6.68. The van der Waals surface area contributed by atoms with E-state index in [9.17, 15) is 9.59 Å². The minimum atomic E-state index is -1.74. The van der Waals surface area contributed by atoms with Crippen LogP contribution in [0.3, 0.4) is 0 Å². The second-order valence-corrected chi connectivity index (χ2v) is 20.4. The average Bonchev–Trinajstić information content (AvgIpc) is 2.85. The first-order valence-electron chi connectivity index (χ1n) is 13.6. The van der Waals surface area contributed by atoms with Gasteiger partial charge in [-0.15, -0.1) is 0 Å². The fourth-order valence-electron chi connectivity index (χ4n) is 4.14. The zero-order valence-electron chi connectivity index (χ0n) is 25.5. The van der Waals surface area contributed by atoms with Crippen LogP contribution in [0, 0.1) is 11.7 Å². The number of thioether (sulfide) groups is 1. The highest BCUT2D eigenvalue weighted by atomic mass is 79.9. The van der Waals surface area contributed by atoms with Crippen molar-refractivity contribution < 1.29 is 32.6 Å². The van der Waals surface area contributed by atoms with Crippen LogP contribution in [0.5, 0.6) is 0 Å². The summed E-state index contributed by atoms with van der Waals surface area (Å²) in [5.41, 5.74) is -2.54. The maximum Gasteiger partial charge on any atom is 0.418 e. The summed E-state index contributed by atoms with van der Waals surface area (Å²) in [4.78, 5) is 31.8. The lowest BCUT2D eigenvalue weighted by Crippen LogP contribution is -2.53. The zero-order chi connectivity index (χ0) is 31.2. The van der Waals surface area contributed by atoms with Crippen LogP contribution < -0.4 is 0 Å². The van der Waals surface area contributed by atoms with Gasteiger partial charge in [-0.3, -0.25) is 0 Å². The Balaban J connectivity index is 2.73. The van der Waals surface area contributed by atoms with Crippen LogP contribution >= 0.6 is 27.7 Å². The zero-order valence-corrected chi connectivity index (χ0v) is 28.9. The van der Waals surface area contributed by atoms with Gasteiger partial charge in [-0.2, -0.15) is 0 Å². The van der Waals surface area contributed by atoms with Crippen LogP contribution in [0.4, 0.5) is 13.6 Å². The van der Waals surface area contributed by atoms with Gasteiger partial charge in [-0.1, -0.05) is 60.3 Å². The molecule has 3 atom stereocenters. The van der Waals surface area contributed by atoms with Crippen molar-refractivity contribution in [1.82, 2.24) is 4.90 Å². The van der Waals surface area contributed by atoms with E-state index in [2.05, 4.69) is 35.6 Å². The molecular weight excluding hydrogens is 634 g/mol. The number of carbonyl (C=O) groups excluding carboxylic acids is 2. The largest absolute Gasteiger partial charge is 0.463 e. The molecule has 0 fully saturated rings. The van der Waals surface area contributed by atoms with Gasteiger partial charge in [-0.05, 0) is 58.9 Å². The van der Waals surface area contributed by atoms with Crippen molar-refractivity contribution in [2.75, 3.05) is 26.6 Å². The first kappa shape index (κ1) is 35.4. The second-order valence-electron chi connectivity index (χ2n) is 12.4. The summed E-state index contributed by atoms with van der Waals surface area (Å²) in [5.74, 6) is -1.88. The molecule has 41 heavy (non-hydrogen) atoms. The molecule has 0 aliphatic carbocycles. The molecule has 0 aromatic heterocycles. The Hall–Kier alpha value is -1.76. The van der Waals surface area contributed by atoms with Crippen LogP contribution in [-0.2, 0) is 24.5 Å². The van der Waals surface area contributed by atoms with Crippen LogP contribution in [0.25, 0.3) is 0 Å². The number of carbonyl (C=O) groups is 2. The van der Waals surface area contributed by atoms with Gasteiger partial charge < -0.3 is 14.2 Å². The molecule has 1 heterocycles. The first-order chi connectivity index (χ1) is 18.9. The van der Waals surface area contributed by atoms with E-state index in [1.807, 2.05) is 0 Å². The van der Waals surface area contributed by atoms with Gasteiger partial charge in [0.1, 0.15) is 30.4 Å². The summed E-state index contributed by atoms with van der Waals surface area (Å²) in [5, 5.41) is 0.0957. The molecule has 0 radical (unpaired) electrons. The molecular formula is C29H43BrF2N2O5SSi. The van der Waals surface area contributed by atoms with Crippen molar-refractivity contribution in [1.29, 1.82) is 0 Å². The molecule has 7 nitrogen and oxygen atoms in total. The number of ether oxygens (including phenoxy) is 3. The minimum absolute atomic E-state index is 0.0271. The lowest BCUT2D eigenvalue weighted by Gasteiger charge is -2.48. The predicted octanol–water partition coefficient (Wildman–Crippen LogP) is 7.92. The quantitative estimate of drug-likeness (QED) is 0.0824. The van der Waals surface area contributed by atoms with Crippen molar-refractivity contribution >= 4 is 53.0 Å². The normalized spacial score (nSPS) is 23.3. The topological polar surface area (TPSA) is 77.4 Å². The molecule has 230 valence electrons. The fourth-order valence-corrected chi connectivity index (χ4v) is 6.61. The van der Waals surface area contributed by atoms with E-state index in [4.69, 9.17) is 19.2 Å². The Bertz CT molecular complexity index is 1160. The first-order valence-corrected chi connectivity index (χ1v) is 18.9. The number of alkyl halides is 1. The Morgan fingerprint density at radius 1 is 1.27 bits per heavy atom. The molecule has 0 saturated carbocycles. The smallest absolute Gasteiger partial charge is 0.418 e. The van der Waals surface area contributed by atoms with Gasteiger partial charge in [0.05, 0.1) is 6.61 Å². The van der Waals surface area contributed by atoms with E-state index in [0.29, 0.717) is 11.1 Å². The van der Waals surface area contributed by atoms with Gasteiger partial charge in [0.2, 0.25) is 0 Å². The summed E-state index contributed by atoms with van der Waals surface area (Å²) < 4.78 is 47.0. The molecule has 0 N–H and O–H groups in total. The van der Waals surface area contributed by atoms with Crippen LogP contribution in [0.1, 0.15) is 47.1 Å². The summed E-state index contributed by atoms with van der Waals surface area (Å²) in [6, 6.07) is 5.14. The number of rotatable bonds is 10. The number of amidine groups is 1. The second kappa shape index (κ2) is 14.1. The number of benzene rings is 1. The highest BCUT2D eigenvalue weighted by Gasteiger charge is 2.54. The van der Waals surface area contributed by atoms with Crippen LogP contribution in [0.15, 0.2) is 39.8 Å². The van der Waals surface area contributed by atoms with Crippen LogP contribution in [-0.4, -0.2) is 67.2 Å². The van der Waals surface area contributed by atoms with Gasteiger partial charge in [0.15, 0.2) is 5.17 Å². The third kappa shape index (κ3) is 9.62. The van der Waals surface area contributed by atoms with E-state index < -0.39 is 54.4 Å². The maximum atomic E-state index is 15.4. The Morgan fingerprint density at radius 3 is 2.49 bits per heavy atom. The van der Waals surface area contributed by atoms with Gasteiger partial charge in [-0.25, -0.2) is 28.3 Å². The van der Waals surface area contributed by atoms with E-state index in [1.54, 1.807) is 47.6 Å². The summed E-state index contributed by atoms with van der Waals surface area (Å²) >= 11 is 4.53. The molecule has 12 heteroatoms. The van der Waals surface area contributed by atoms with E-state index in [-0.39, 0.29) is 24.1 Å². The van der Waals surface area contributed by atoms with E-state index in [1.165, 1.54) is 29.2 Å². The number of hydrogen-bond donors (Lipinski definition) is 0. The van der Waals surface area contributed by atoms with Crippen molar-refractivity contribution in [2.24, 2.45) is 10.9 Å². The van der Waals surface area contributed by atoms with Gasteiger partial charge in [0.25, 0.3) is 0 Å². The molecule has 0 spiro atoms. The third-order valence-corrected chi connectivity index (χ3v) is 10.3. The van der Waals surface area contributed by atoms with E-state index >= 15 is 8.78 Å². The highest BCUT2D eigenvalue weighted by Crippen LogP contribution is 2.53. The van der Waals surface area contributed by atoms with Crippen molar-refractivity contribution in [3.05, 3.63) is 46.2 Å². The van der Waals surface area contributed by atoms with Crippen LogP contribution in [0.2, 0.25) is 25.7 Å². The number of aliphatic imine (C=N–C) groups is 1. The minimum Gasteiger partial charge on any atom is -0.463 e. The maximum absolute atomic E-state index is 15.4. The predicted molar refractivity (Wildman–Crippen MR) is 167 cm³/mol. The lowest BCUT2D eigenvalue weighted by molar-refractivity contribution is -0.137. The summed E-state index contributed by atoms with van der Waals surface area (Å²) in [6.07, 6.45) is 2.15. The van der Waals surface area contributed by atoms with Crippen molar-refractivity contribution in [3.8, 4) is 0 Å². The molecule has 1 aliphatic rings. The molecule has 1 amide bonds. The highest BCUT2D eigenvalue weighted by molar-refractivity contribution is 9.10. The number of hydrogen-bond acceptors (Lipinski definition) is 7. The molecule has 1 aliphatic heterocycles. The molecule has 1 aromatic carbocycles. The summed E-state index contributed by atoms with van der Waals surface area (Å²) in [7, 11) is -1.42. The molecule has 1 unspecified atom stereocenters. The number of amides is 1. The van der Waals surface area contributed by atoms with Crippen molar-refractivity contribution in [2.45, 2.75) is 83.1 Å². The summed E-state index contributed by atoms with van der Waals surface area (Å²) in [6.45, 7) is 16.5. The van der Waals surface area contributed by atoms with Crippen molar-refractivity contribution in [3.63, 3.8) is 0 Å². The molecule has 1 aromatic rings. The SMILES string of the molecule is CCOC(=O)/C=C/[C@@]1(C)SC(N(COCC[Si](C)(C)C)C(=O)OC(C)(C)C)=N[C@](CF)(c2cc(Br)ccc2F)C1C. The Kier molecular flexibility index (Phi) is 12.2. The number of esters is 1. The Morgan fingerprint density at radius 2 is 1.93 bits per heavy atom. The van der Waals surface area contributed by atoms with Gasteiger partial charge in [0, 0.05) is 41.5 Å².